The van der Waals surface area contributed by atoms with Crippen LogP contribution >= 0.6 is 0 Å². The molecule has 1 amide bonds. The number of aryl methyl sites for hydroxylation is 1. The normalized spacial score (nSPS) is 17.1. The fraction of sp³-hybridized carbons (Fsp3) is 0.389. The SMILES string of the molecule is CCc1oc2ccccc2c1/C=C/C(=O)NN1CC[NH+](C)CC1. The zero-order valence-electron chi connectivity index (χ0n) is 13.8. The Morgan fingerprint density at radius 2 is 2.09 bits per heavy atom. The summed E-state index contributed by atoms with van der Waals surface area (Å²) in [5.41, 5.74) is 4.82. The number of amides is 1. The molecule has 1 aromatic heterocycles. The van der Waals surface area contributed by atoms with Crippen LogP contribution in [0.15, 0.2) is 34.8 Å². The van der Waals surface area contributed by atoms with E-state index in [1.54, 1.807) is 6.08 Å². The highest BCUT2D eigenvalue weighted by Gasteiger charge is 2.17. The number of nitrogens with zero attached hydrogens (tertiary/aromatic N) is 1. The molecule has 1 saturated heterocycles. The van der Waals surface area contributed by atoms with E-state index in [1.165, 1.54) is 4.90 Å². The van der Waals surface area contributed by atoms with Crippen molar-refractivity contribution in [3.8, 4) is 0 Å². The second-order valence-corrected chi connectivity index (χ2v) is 6.04. The Balaban J connectivity index is 1.71. The maximum atomic E-state index is 12.1. The molecule has 2 aromatic rings. The zero-order chi connectivity index (χ0) is 16.2. The van der Waals surface area contributed by atoms with Crippen molar-refractivity contribution in [2.24, 2.45) is 0 Å². The average Bonchev–Trinajstić information content (AvgIpc) is 2.93. The van der Waals surface area contributed by atoms with E-state index in [2.05, 4.69) is 19.4 Å². The van der Waals surface area contributed by atoms with Crippen molar-refractivity contribution < 1.29 is 14.1 Å². The fourth-order valence-electron chi connectivity index (χ4n) is 2.91. The van der Waals surface area contributed by atoms with Crippen LogP contribution in [0.4, 0.5) is 0 Å². The van der Waals surface area contributed by atoms with Gasteiger partial charge in [-0.15, -0.1) is 0 Å². The molecule has 0 unspecified atom stereocenters. The number of carbonyl (C=O) groups is 1. The summed E-state index contributed by atoms with van der Waals surface area (Å²) in [6.07, 6.45) is 4.26. The summed E-state index contributed by atoms with van der Waals surface area (Å²) in [5, 5.41) is 3.05. The minimum Gasteiger partial charge on any atom is -0.460 e. The number of piperazine rings is 1. The highest BCUT2D eigenvalue weighted by molar-refractivity contribution is 5.96. The molecule has 0 spiro atoms. The number of para-hydroxylation sites is 1. The van der Waals surface area contributed by atoms with Crippen LogP contribution in [0.25, 0.3) is 17.0 Å². The third kappa shape index (κ3) is 3.63. The molecular formula is C18H24N3O2+. The first-order valence-electron chi connectivity index (χ1n) is 8.22. The van der Waals surface area contributed by atoms with E-state index in [1.807, 2.05) is 35.4 Å². The molecule has 3 rings (SSSR count). The summed E-state index contributed by atoms with van der Waals surface area (Å²) in [4.78, 5) is 13.6. The summed E-state index contributed by atoms with van der Waals surface area (Å²) in [7, 11) is 2.18. The number of nitrogens with one attached hydrogen (secondary N) is 2. The number of hydrazine groups is 1. The number of rotatable bonds is 4. The quantitative estimate of drug-likeness (QED) is 0.824. The zero-order valence-corrected chi connectivity index (χ0v) is 13.8. The van der Waals surface area contributed by atoms with Gasteiger partial charge in [-0.3, -0.25) is 10.2 Å². The molecular weight excluding hydrogens is 290 g/mol. The number of fused-ring (bicyclic) bond motifs is 1. The van der Waals surface area contributed by atoms with Gasteiger partial charge in [0.15, 0.2) is 0 Å². The Labute approximate surface area is 136 Å². The van der Waals surface area contributed by atoms with Gasteiger partial charge in [-0.1, -0.05) is 25.1 Å². The number of hydrogen-bond acceptors (Lipinski definition) is 3. The van der Waals surface area contributed by atoms with Crippen molar-refractivity contribution in [1.82, 2.24) is 10.4 Å². The van der Waals surface area contributed by atoms with E-state index in [-0.39, 0.29) is 5.91 Å². The molecule has 0 radical (unpaired) electrons. The van der Waals surface area contributed by atoms with Crippen molar-refractivity contribution in [3.63, 3.8) is 0 Å². The van der Waals surface area contributed by atoms with Crippen LogP contribution < -0.4 is 10.3 Å². The predicted octanol–water partition coefficient (Wildman–Crippen LogP) is 0.870. The van der Waals surface area contributed by atoms with Gasteiger partial charge in [-0.25, -0.2) is 5.01 Å². The van der Waals surface area contributed by atoms with Crippen molar-refractivity contribution in [2.75, 3.05) is 33.2 Å². The average molecular weight is 314 g/mol. The maximum Gasteiger partial charge on any atom is 0.258 e. The van der Waals surface area contributed by atoms with Gasteiger partial charge >= 0.3 is 0 Å². The first-order valence-corrected chi connectivity index (χ1v) is 8.22. The van der Waals surface area contributed by atoms with Gasteiger partial charge in [0, 0.05) is 23.4 Å². The van der Waals surface area contributed by atoms with Crippen LogP contribution in [0.5, 0.6) is 0 Å². The smallest absolute Gasteiger partial charge is 0.258 e. The molecule has 5 heteroatoms. The number of carbonyl (C=O) groups excluding carboxylic acids is 1. The van der Waals surface area contributed by atoms with Crippen molar-refractivity contribution in [2.45, 2.75) is 13.3 Å². The first kappa shape index (κ1) is 15.8. The Morgan fingerprint density at radius 1 is 1.35 bits per heavy atom. The Morgan fingerprint density at radius 3 is 2.83 bits per heavy atom. The van der Waals surface area contributed by atoms with Crippen LogP contribution in [0.3, 0.4) is 0 Å². The lowest BCUT2D eigenvalue weighted by atomic mass is 10.1. The molecule has 122 valence electrons. The number of quaternary nitrogens is 1. The third-order valence-corrected chi connectivity index (χ3v) is 4.32. The lowest BCUT2D eigenvalue weighted by Gasteiger charge is -2.29. The van der Waals surface area contributed by atoms with E-state index in [9.17, 15) is 4.79 Å². The van der Waals surface area contributed by atoms with E-state index in [0.29, 0.717) is 0 Å². The molecule has 2 N–H and O–H groups in total. The van der Waals surface area contributed by atoms with Gasteiger partial charge in [0.25, 0.3) is 5.91 Å². The number of benzene rings is 1. The first-order chi connectivity index (χ1) is 11.2. The molecule has 1 fully saturated rings. The highest BCUT2D eigenvalue weighted by Crippen LogP contribution is 2.27. The monoisotopic (exact) mass is 314 g/mol. The molecule has 0 aliphatic carbocycles. The number of furan rings is 1. The van der Waals surface area contributed by atoms with E-state index >= 15 is 0 Å². The lowest BCUT2D eigenvalue weighted by molar-refractivity contribution is -0.884. The van der Waals surface area contributed by atoms with Gasteiger partial charge in [0.2, 0.25) is 0 Å². The lowest BCUT2D eigenvalue weighted by Crippen LogP contribution is -3.12. The van der Waals surface area contributed by atoms with Crippen molar-refractivity contribution in [1.29, 1.82) is 0 Å². The summed E-state index contributed by atoms with van der Waals surface area (Å²) in [6.45, 7) is 5.94. The van der Waals surface area contributed by atoms with Crippen molar-refractivity contribution in [3.05, 3.63) is 41.7 Å². The Hall–Kier alpha value is -2.11. The second-order valence-electron chi connectivity index (χ2n) is 6.04. The topological polar surface area (TPSA) is 49.9 Å². The Kier molecular flexibility index (Phi) is 4.79. The van der Waals surface area contributed by atoms with E-state index < -0.39 is 0 Å². The molecule has 1 aliphatic heterocycles. The minimum atomic E-state index is -0.0862. The summed E-state index contributed by atoms with van der Waals surface area (Å²) < 4.78 is 5.85. The molecule has 0 atom stereocenters. The van der Waals surface area contributed by atoms with Crippen LogP contribution in [-0.4, -0.2) is 44.1 Å². The number of hydrogen-bond donors (Lipinski definition) is 2. The predicted molar refractivity (Wildman–Crippen MR) is 91.0 cm³/mol. The van der Waals surface area contributed by atoms with Crippen LogP contribution in [0, 0.1) is 0 Å². The summed E-state index contributed by atoms with van der Waals surface area (Å²) in [6, 6.07) is 7.93. The maximum absolute atomic E-state index is 12.1. The molecule has 5 nitrogen and oxygen atoms in total. The largest absolute Gasteiger partial charge is 0.460 e. The second kappa shape index (κ2) is 6.98. The minimum absolute atomic E-state index is 0.0862. The molecule has 1 aromatic carbocycles. The van der Waals surface area contributed by atoms with Gasteiger partial charge < -0.3 is 9.32 Å². The van der Waals surface area contributed by atoms with Gasteiger partial charge in [-0.2, -0.15) is 0 Å². The standard InChI is InChI=1S/C18H23N3O2/c1-3-16-15(14-6-4-5-7-17(14)23-16)8-9-18(22)19-21-12-10-20(2)11-13-21/h4-9H,3,10-13H2,1-2H3,(H,19,22)/p+1/b9-8+. The van der Waals surface area contributed by atoms with Gasteiger partial charge in [0.1, 0.15) is 11.3 Å². The molecule has 2 heterocycles. The van der Waals surface area contributed by atoms with Gasteiger partial charge in [0.05, 0.1) is 33.2 Å². The van der Waals surface area contributed by atoms with Crippen LogP contribution in [-0.2, 0) is 11.2 Å². The summed E-state index contributed by atoms with van der Waals surface area (Å²) in [5.74, 6) is 0.829. The molecule has 1 aliphatic rings. The third-order valence-electron chi connectivity index (χ3n) is 4.32. The van der Waals surface area contributed by atoms with E-state index in [4.69, 9.17) is 4.42 Å². The van der Waals surface area contributed by atoms with Crippen LogP contribution in [0.2, 0.25) is 0 Å². The highest BCUT2D eigenvalue weighted by atomic mass is 16.3. The molecule has 0 saturated carbocycles. The van der Waals surface area contributed by atoms with Crippen LogP contribution in [0.1, 0.15) is 18.2 Å². The fourth-order valence-corrected chi connectivity index (χ4v) is 2.91. The van der Waals surface area contributed by atoms with Gasteiger partial charge in [-0.05, 0) is 12.1 Å². The summed E-state index contributed by atoms with van der Waals surface area (Å²) >= 11 is 0. The molecule has 0 bridgehead atoms. The van der Waals surface area contributed by atoms with Crippen molar-refractivity contribution >= 4 is 23.0 Å². The molecule has 23 heavy (non-hydrogen) atoms. The Bertz CT molecular complexity index is 712. The number of likely N-dealkylation sites (N-methyl/N-ethyl adjacent to an activating group) is 1. The van der Waals surface area contributed by atoms with E-state index in [0.717, 1.165) is 54.9 Å².